The van der Waals surface area contributed by atoms with Crippen molar-refractivity contribution >= 4 is 21.8 Å². The summed E-state index contributed by atoms with van der Waals surface area (Å²) in [4.78, 5) is 12.0. The quantitative estimate of drug-likeness (QED) is 0.910. The molecule has 0 atom stereocenters. The molecular formula is C15H14BrNO2. The van der Waals surface area contributed by atoms with Gasteiger partial charge in [-0.25, -0.2) is 0 Å². The third-order valence-corrected chi connectivity index (χ3v) is 3.44. The molecule has 0 saturated carbocycles. The Morgan fingerprint density at radius 1 is 1.11 bits per heavy atom. The smallest absolute Gasteiger partial charge is 0.252 e. The number of hydrogen-bond donors (Lipinski definition) is 2. The number of carbonyl (C=O) groups excluding carboxylic acids is 1. The molecule has 0 spiro atoms. The van der Waals surface area contributed by atoms with Gasteiger partial charge in [0.2, 0.25) is 0 Å². The first-order valence-electron chi connectivity index (χ1n) is 5.92. The maximum atomic E-state index is 12.0. The lowest BCUT2D eigenvalue weighted by molar-refractivity contribution is 0.0950. The second kappa shape index (κ2) is 6.50. The van der Waals surface area contributed by atoms with E-state index in [2.05, 4.69) is 21.2 Å². The minimum absolute atomic E-state index is 0.00597. The van der Waals surface area contributed by atoms with Crippen LogP contribution in [0.15, 0.2) is 53.0 Å². The predicted octanol–water partition coefficient (Wildman–Crippen LogP) is 2.87. The molecule has 0 fully saturated rings. The summed E-state index contributed by atoms with van der Waals surface area (Å²) in [7, 11) is 0. The molecule has 0 aliphatic carbocycles. The van der Waals surface area contributed by atoms with Crippen LogP contribution in [0.2, 0.25) is 0 Å². The molecule has 19 heavy (non-hydrogen) atoms. The molecular weight excluding hydrogens is 306 g/mol. The van der Waals surface area contributed by atoms with Gasteiger partial charge >= 0.3 is 0 Å². The summed E-state index contributed by atoms with van der Waals surface area (Å²) in [6.45, 7) is 0.444. The van der Waals surface area contributed by atoms with Crippen molar-refractivity contribution in [3.05, 3.63) is 69.7 Å². The number of halogens is 1. The van der Waals surface area contributed by atoms with Crippen LogP contribution in [0.5, 0.6) is 0 Å². The van der Waals surface area contributed by atoms with E-state index in [9.17, 15) is 4.79 Å². The minimum atomic E-state index is -0.123. The SMILES string of the molecule is O=C(NCc1cccc(CO)c1)c1ccccc1Br. The highest BCUT2D eigenvalue weighted by molar-refractivity contribution is 9.10. The van der Waals surface area contributed by atoms with E-state index in [-0.39, 0.29) is 12.5 Å². The summed E-state index contributed by atoms with van der Waals surface area (Å²) in [6.07, 6.45) is 0. The Balaban J connectivity index is 2.02. The summed E-state index contributed by atoms with van der Waals surface area (Å²) in [5.74, 6) is -0.123. The molecule has 0 saturated heterocycles. The lowest BCUT2D eigenvalue weighted by Crippen LogP contribution is -2.23. The molecule has 0 heterocycles. The number of aliphatic hydroxyl groups is 1. The third kappa shape index (κ3) is 3.66. The van der Waals surface area contributed by atoms with Crippen molar-refractivity contribution in [2.75, 3.05) is 0 Å². The van der Waals surface area contributed by atoms with Crippen molar-refractivity contribution in [2.24, 2.45) is 0 Å². The van der Waals surface area contributed by atoms with E-state index in [1.54, 1.807) is 6.07 Å². The van der Waals surface area contributed by atoms with Gasteiger partial charge in [-0.1, -0.05) is 36.4 Å². The Morgan fingerprint density at radius 3 is 2.58 bits per heavy atom. The van der Waals surface area contributed by atoms with Crippen LogP contribution in [0, 0.1) is 0 Å². The van der Waals surface area contributed by atoms with Crippen molar-refractivity contribution in [3.63, 3.8) is 0 Å². The van der Waals surface area contributed by atoms with Gasteiger partial charge in [0.25, 0.3) is 5.91 Å². The van der Waals surface area contributed by atoms with Crippen LogP contribution in [0.25, 0.3) is 0 Å². The van der Waals surface area contributed by atoms with Gasteiger partial charge in [-0.2, -0.15) is 0 Å². The summed E-state index contributed by atoms with van der Waals surface area (Å²) in [5.41, 5.74) is 2.42. The summed E-state index contributed by atoms with van der Waals surface area (Å²) in [6, 6.07) is 14.8. The first kappa shape index (κ1) is 13.8. The zero-order chi connectivity index (χ0) is 13.7. The van der Waals surface area contributed by atoms with E-state index < -0.39 is 0 Å². The Morgan fingerprint density at radius 2 is 1.84 bits per heavy atom. The molecule has 0 bridgehead atoms. The molecule has 0 aliphatic heterocycles. The summed E-state index contributed by atoms with van der Waals surface area (Å²) < 4.78 is 0.775. The van der Waals surface area contributed by atoms with E-state index in [1.165, 1.54) is 0 Å². The first-order valence-corrected chi connectivity index (χ1v) is 6.71. The number of nitrogens with one attached hydrogen (secondary N) is 1. The minimum Gasteiger partial charge on any atom is -0.392 e. The van der Waals surface area contributed by atoms with E-state index in [4.69, 9.17) is 5.11 Å². The Kier molecular flexibility index (Phi) is 4.71. The van der Waals surface area contributed by atoms with Crippen LogP contribution in [0.4, 0.5) is 0 Å². The summed E-state index contributed by atoms with van der Waals surface area (Å²) >= 11 is 3.35. The highest BCUT2D eigenvalue weighted by Crippen LogP contribution is 2.15. The fourth-order valence-corrected chi connectivity index (χ4v) is 2.23. The zero-order valence-electron chi connectivity index (χ0n) is 10.3. The number of benzene rings is 2. The summed E-state index contributed by atoms with van der Waals surface area (Å²) in [5, 5.41) is 11.9. The lowest BCUT2D eigenvalue weighted by Gasteiger charge is -2.07. The monoisotopic (exact) mass is 319 g/mol. The van der Waals surface area contributed by atoms with Crippen molar-refractivity contribution in [1.29, 1.82) is 0 Å². The average molecular weight is 320 g/mol. The fourth-order valence-electron chi connectivity index (χ4n) is 1.76. The van der Waals surface area contributed by atoms with Crippen molar-refractivity contribution in [1.82, 2.24) is 5.32 Å². The first-order chi connectivity index (χ1) is 9.20. The molecule has 2 N–H and O–H groups in total. The highest BCUT2D eigenvalue weighted by Gasteiger charge is 2.08. The second-order valence-electron chi connectivity index (χ2n) is 4.14. The normalized spacial score (nSPS) is 10.2. The number of rotatable bonds is 4. The van der Waals surface area contributed by atoms with Crippen LogP contribution in [0.1, 0.15) is 21.5 Å². The molecule has 2 rings (SSSR count). The molecule has 0 aromatic heterocycles. The number of carbonyl (C=O) groups is 1. The van der Waals surface area contributed by atoms with Gasteiger partial charge in [-0.3, -0.25) is 4.79 Å². The Hall–Kier alpha value is -1.65. The van der Waals surface area contributed by atoms with Gasteiger partial charge in [-0.15, -0.1) is 0 Å². The predicted molar refractivity (Wildman–Crippen MR) is 77.7 cm³/mol. The van der Waals surface area contributed by atoms with Crippen molar-refractivity contribution in [3.8, 4) is 0 Å². The maximum Gasteiger partial charge on any atom is 0.252 e. The number of hydrogen-bond acceptors (Lipinski definition) is 2. The Labute approximate surface area is 120 Å². The molecule has 3 nitrogen and oxygen atoms in total. The van der Waals surface area contributed by atoms with Crippen LogP contribution in [-0.4, -0.2) is 11.0 Å². The van der Waals surface area contributed by atoms with Gasteiger partial charge in [0.05, 0.1) is 12.2 Å². The van der Waals surface area contributed by atoms with Gasteiger partial charge in [-0.05, 0) is 39.2 Å². The van der Waals surface area contributed by atoms with E-state index >= 15 is 0 Å². The van der Waals surface area contributed by atoms with Crippen molar-refractivity contribution < 1.29 is 9.90 Å². The van der Waals surface area contributed by atoms with Crippen molar-refractivity contribution in [2.45, 2.75) is 13.2 Å². The standard InChI is InChI=1S/C15H14BrNO2/c16-14-7-2-1-6-13(14)15(19)17-9-11-4-3-5-12(8-11)10-18/h1-8,18H,9-10H2,(H,17,19). The van der Waals surface area contributed by atoms with Crippen LogP contribution in [0.3, 0.4) is 0 Å². The van der Waals surface area contributed by atoms with E-state index in [0.717, 1.165) is 15.6 Å². The molecule has 0 aliphatic rings. The zero-order valence-corrected chi connectivity index (χ0v) is 11.9. The fraction of sp³-hybridized carbons (Fsp3) is 0.133. The van der Waals surface area contributed by atoms with Crippen LogP contribution >= 0.6 is 15.9 Å². The van der Waals surface area contributed by atoms with E-state index in [0.29, 0.717) is 12.1 Å². The van der Waals surface area contributed by atoms with Gasteiger partial charge < -0.3 is 10.4 Å². The van der Waals surface area contributed by atoms with Crippen LogP contribution < -0.4 is 5.32 Å². The average Bonchev–Trinajstić information content (AvgIpc) is 2.45. The highest BCUT2D eigenvalue weighted by atomic mass is 79.9. The molecule has 0 radical (unpaired) electrons. The van der Waals surface area contributed by atoms with Gasteiger partial charge in [0.1, 0.15) is 0 Å². The molecule has 2 aromatic carbocycles. The van der Waals surface area contributed by atoms with Gasteiger partial charge in [0, 0.05) is 11.0 Å². The molecule has 0 unspecified atom stereocenters. The number of aliphatic hydroxyl groups excluding tert-OH is 1. The van der Waals surface area contributed by atoms with E-state index in [1.807, 2.05) is 42.5 Å². The third-order valence-electron chi connectivity index (χ3n) is 2.75. The number of amides is 1. The van der Waals surface area contributed by atoms with Crippen LogP contribution in [-0.2, 0) is 13.2 Å². The van der Waals surface area contributed by atoms with Gasteiger partial charge in [0.15, 0.2) is 0 Å². The molecule has 4 heteroatoms. The Bertz CT molecular complexity index is 584. The lowest BCUT2D eigenvalue weighted by atomic mass is 10.1. The topological polar surface area (TPSA) is 49.3 Å². The molecule has 1 amide bonds. The maximum absolute atomic E-state index is 12.0. The second-order valence-corrected chi connectivity index (χ2v) is 4.99. The molecule has 2 aromatic rings. The molecule has 98 valence electrons. The largest absolute Gasteiger partial charge is 0.392 e.